The van der Waals surface area contributed by atoms with Gasteiger partial charge in [-0.3, -0.25) is 4.79 Å². The van der Waals surface area contributed by atoms with Crippen molar-refractivity contribution in [3.05, 3.63) is 64.8 Å². The number of hydrogen-bond donors (Lipinski definition) is 2. The largest absolute Gasteiger partial charge is 0.416 e. The SMILES string of the molecule is CC(C)C(=O)NC1CCc2c(c3cc(N)ccc3n2Cc2ccccc2C(F)(F)F)C1. The molecule has 0 saturated heterocycles. The maximum atomic E-state index is 13.6. The number of amides is 1. The summed E-state index contributed by atoms with van der Waals surface area (Å²) in [7, 11) is 0. The monoisotopic (exact) mass is 429 g/mol. The molecule has 0 radical (unpaired) electrons. The highest BCUT2D eigenvalue weighted by Crippen LogP contribution is 2.36. The molecule has 4 rings (SSSR count). The van der Waals surface area contributed by atoms with Gasteiger partial charge in [0.15, 0.2) is 0 Å². The summed E-state index contributed by atoms with van der Waals surface area (Å²) in [5, 5.41) is 4.05. The van der Waals surface area contributed by atoms with Crippen LogP contribution in [0.3, 0.4) is 0 Å². The molecule has 3 aromatic rings. The Bertz CT molecular complexity index is 1130. The van der Waals surface area contributed by atoms with Crippen molar-refractivity contribution in [1.29, 1.82) is 0 Å². The molecule has 1 aliphatic rings. The number of rotatable bonds is 4. The van der Waals surface area contributed by atoms with Crippen LogP contribution in [-0.4, -0.2) is 16.5 Å². The van der Waals surface area contributed by atoms with Gasteiger partial charge >= 0.3 is 6.18 Å². The van der Waals surface area contributed by atoms with Gasteiger partial charge in [0, 0.05) is 40.8 Å². The fourth-order valence-corrected chi connectivity index (χ4v) is 4.44. The summed E-state index contributed by atoms with van der Waals surface area (Å²) in [6.45, 7) is 3.84. The van der Waals surface area contributed by atoms with Crippen LogP contribution in [0.5, 0.6) is 0 Å². The fourth-order valence-electron chi connectivity index (χ4n) is 4.44. The molecule has 3 N–H and O–H groups in total. The number of fused-ring (bicyclic) bond motifs is 3. The Hall–Kier alpha value is -2.96. The van der Waals surface area contributed by atoms with E-state index >= 15 is 0 Å². The van der Waals surface area contributed by atoms with Gasteiger partial charge < -0.3 is 15.6 Å². The van der Waals surface area contributed by atoms with Crippen molar-refractivity contribution in [3.8, 4) is 0 Å². The van der Waals surface area contributed by atoms with Crippen LogP contribution in [-0.2, 0) is 30.4 Å². The minimum Gasteiger partial charge on any atom is -0.399 e. The molecule has 31 heavy (non-hydrogen) atoms. The first-order chi connectivity index (χ1) is 14.6. The Morgan fingerprint density at radius 3 is 2.68 bits per heavy atom. The van der Waals surface area contributed by atoms with Crippen LogP contribution in [0.15, 0.2) is 42.5 Å². The molecule has 7 heteroatoms. The normalized spacial score (nSPS) is 16.5. The Morgan fingerprint density at radius 1 is 1.23 bits per heavy atom. The van der Waals surface area contributed by atoms with Gasteiger partial charge in [0.1, 0.15) is 0 Å². The molecule has 1 aromatic heterocycles. The molecule has 1 aliphatic carbocycles. The number of alkyl halides is 3. The van der Waals surface area contributed by atoms with Crippen LogP contribution in [0.25, 0.3) is 10.9 Å². The number of carbonyl (C=O) groups is 1. The number of carbonyl (C=O) groups excluding carboxylic acids is 1. The molecule has 2 aromatic carbocycles. The van der Waals surface area contributed by atoms with Crippen molar-refractivity contribution < 1.29 is 18.0 Å². The Morgan fingerprint density at radius 2 is 1.97 bits per heavy atom. The van der Waals surface area contributed by atoms with Crippen LogP contribution in [0.2, 0.25) is 0 Å². The molecule has 1 unspecified atom stereocenters. The average Bonchev–Trinajstić information content (AvgIpc) is 3.00. The first-order valence-corrected chi connectivity index (χ1v) is 10.5. The van der Waals surface area contributed by atoms with Crippen LogP contribution < -0.4 is 11.1 Å². The molecule has 0 spiro atoms. The van der Waals surface area contributed by atoms with E-state index in [1.807, 2.05) is 30.5 Å². The summed E-state index contributed by atoms with van der Waals surface area (Å²) in [5.74, 6) is -0.0898. The standard InChI is InChI=1S/C24H26F3N3O/c1-14(2)23(31)29-17-8-10-22-19(12-17)18-11-16(28)7-9-21(18)30(22)13-15-5-3-4-6-20(15)24(25,26)27/h3-7,9,11,14,17H,8,10,12-13,28H2,1-2H3,(H,29,31). The lowest BCUT2D eigenvalue weighted by Crippen LogP contribution is -2.41. The molecule has 1 heterocycles. The predicted octanol–water partition coefficient (Wildman–Crippen LogP) is 4.92. The number of anilines is 1. The lowest BCUT2D eigenvalue weighted by molar-refractivity contribution is -0.138. The fraction of sp³-hybridized carbons (Fsp3) is 0.375. The highest BCUT2D eigenvalue weighted by Gasteiger charge is 2.34. The first kappa shape index (κ1) is 21.3. The number of benzene rings is 2. The topological polar surface area (TPSA) is 60.1 Å². The summed E-state index contributed by atoms with van der Waals surface area (Å²) in [6, 6.07) is 11.3. The summed E-state index contributed by atoms with van der Waals surface area (Å²) < 4.78 is 42.6. The third-order valence-corrected chi connectivity index (χ3v) is 6.01. The number of aromatic nitrogens is 1. The quantitative estimate of drug-likeness (QED) is 0.579. The molecule has 0 fully saturated rings. The Kier molecular flexibility index (Phi) is 5.45. The van der Waals surface area contributed by atoms with Gasteiger partial charge in [-0.05, 0) is 54.7 Å². The van der Waals surface area contributed by atoms with Crippen LogP contribution in [0.1, 0.15) is 42.7 Å². The van der Waals surface area contributed by atoms with E-state index in [4.69, 9.17) is 5.73 Å². The summed E-state index contributed by atoms with van der Waals surface area (Å²) in [4.78, 5) is 12.2. The van der Waals surface area contributed by atoms with Crippen molar-refractivity contribution in [3.63, 3.8) is 0 Å². The van der Waals surface area contributed by atoms with Gasteiger partial charge in [-0.15, -0.1) is 0 Å². The zero-order valence-electron chi connectivity index (χ0n) is 17.6. The van der Waals surface area contributed by atoms with Gasteiger partial charge in [-0.1, -0.05) is 32.0 Å². The Balaban J connectivity index is 1.77. The van der Waals surface area contributed by atoms with E-state index in [0.29, 0.717) is 18.5 Å². The number of nitrogens with zero attached hydrogens (tertiary/aromatic N) is 1. The zero-order chi connectivity index (χ0) is 22.3. The minimum atomic E-state index is -4.41. The summed E-state index contributed by atoms with van der Waals surface area (Å²) >= 11 is 0. The molecule has 164 valence electrons. The number of nitrogens with one attached hydrogen (secondary N) is 1. The van der Waals surface area contributed by atoms with E-state index < -0.39 is 11.7 Å². The van der Waals surface area contributed by atoms with Gasteiger partial charge in [-0.25, -0.2) is 0 Å². The Labute approximate surface area is 179 Å². The summed E-state index contributed by atoms with van der Waals surface area (Å²) in [5.41, 5.74) is 9.21. The molecule has 1 amide bonds. The van der Waals surface area contributed by atoms with E-state index in [9.17, 15) is 18.0 Å². The van der Waals surface area contributed by atoms with Crippen molar-refractivity contribution in [2.75, 3.05) is 5.73 Å². The van der Waals surface area contributed by atoms with Gasteiger partial charge in [0.25, 0.3) is 0 Å². The van der Waals surface area contributed by atoms with E-state index in [0.717, 1.165) is 34.6 Å². The van der Waals surface area contributed by atoms with E-state index in [2.05, 4.69) is 5.32 Å². The number of nitrogen functional groups attached to an aromatic ring is 1. The molecule has 1 atom stereocenters. The average molecular weight is 429 g/mol. The van der Waals surface area contributed by atoms with E-state index in [1.54, 1.807) is 12.1 Å². The van der Waals surface area contributed by atoms with Crippen molar-refractivity contribution in [2.45, 2.75) is 51.9 Å². The molecule has 4 nitrogen and oxygen atoms in total. The highest BCUT2D eigenvalue weighted by atomic mass is 19.4. The maximum Gasteiger partial charge on any atom is 0.416 e. The second kappa shape index (κ2) is 7.94. The highest BCUT2D eigenvalue weighted by molar-refractivity contribution is 5.89. The van der Waals surface area contributed by atoms with E-state index in [1.165, 1.54) is 12.1 Å². The smallest absolute Gasteiger partial charge is 0.399 e. The molecular formula is C24H26F3N3O. The third-order valence-electron chi connectivity index (χ3n) is 6.01. The molecular weight excluding hydrogens is 403 g/mol. The van der Waals surface area contributed by atoms with Crippen LogP contribution in [0.4, 0.5) is 18.9 Å². The second-order valence-corrected chi connectivity index (χ2v) is 8.55. The van der Waals surface area contributed by atoms with Crippen molar-refractivity contribution in [2.24, 2.45) is 5.92 Å². The van der Waals surface area contributed by atoms with Gasteiger partial charge in [0.05, 0.1) is 5.56 Å². The van der Waals surface area contributed by atoms with E-state index in [-0.39, 0.29) is 30.0 Å². The van der Waals surface area contributed by atoms with Crippen LogP contribution in [0, 0.1) is 5.92 Å². The lowest BCUT2D eigenvalue weighted by atomic mass is 9.91. The van der Waals surface area contributed by atoms with Gasteiger partial charge in [0.2, 0.25) is 5.91 Å². The number of nitrogens with two attached hydrogens (primary N) is 1. The third kappa shape index (κ3) is 4.13. The zero-order valence-corrected chi connectivity index (χ0v) is 17.6. The van der Waals surface area contributed by atoms with Crippen molar-refractivity contribution in [1.82, 2.24) is 9.88 Å². The summed E-state index contributed by atoms with van der Waals surface area (Å²) in [6.07, 6.45) is -2.34. The predicted molar refractivity (Wildman–Crippen MR) is 116 cm³/mol. The van der Waals surface area contributed by atoms with Gasteiger partial charge in [-0.2, -0.15) is 13.2 Å². The lowest BCUT2D eigenvalue weighted by Gasteiger charge is -2.26. The molecule has 0 saturated carbocycles. The molecule has 0 aliphatic heterocycles. The second-order valence-electron chi connectivity index (χ2n) is 8.55. The molecule has 0 bridgehead atoms. The number of hydrogen-bond acceptors (Lipinski definition) is 2. The minimum absolute atomic E-state index is 0.00495. The van der Waals surface area contributed by atoms with Crippen molar-refractivity contribution >= 4 is 22.5 Å². The van der Waals surface area contributed by atoms with Crippen LogP contribution >= 0.6 is 0 Å². The first-order valence-electron chi connectivity index (χ1n) is 10.5. The number of halogens is 3. The maximum absolute atomic E-state index is 13.6.